The molecule has 15 heavy (non-hydrogen) atoms. The minimum Gasteiger partial charge on any atom is -0.372 e. The van der Waals surface area contributed by atoms with Crippen molar-refractivity contribution in [2.45, 2.75) is 52.1 Å². The number of hydrogen-bond donors (Lipinski definition) is 0. The normalized spacial score (nSPS) is 40.4. The average Bonchev–Trinajstić information content (AvgIpc) is 2.66. The average molecular weight is 214 g/mol. The maximum absolute atomic E-state index is 5.81. The first-order valence-corrected chi connectivity index (χ1v) is 5.98. The van der Waals surface area contributed by atoms with E-state index in [1.165, 1.54) is 0 Å². The molecule has 0 aromatic heterocycles. The molecule has 0 N–H and O–H groups in total. The van der Waals surface area contributed by atoms with Crippen LogP contribution in [0.5, 0.6) is 0 Å². The molecule has 4 atom stereocenters. The molecule has 0 unspecified atom stereocenters. The number of fused-ring (bicyclic) bond motifs is 1. The predicted molar refractivity (Wildman–Crippen MR) is 57.8 cm³/mol. The highest BCUT2D eigenvalue weighted by Crippen LogP contribution is 2.36. The van der Waals surface area contributed by atoms with Crippen molar-refractivity contribution in [3.63, 3.8) is 0 Å². The zero-order valence-corrected chi connectivity index (χ0v) is 10.1. The fraction of sp³-hybridized carbons (Fsp3) is 1.00. The van der Waals surface area contributed by atoms with Crippen LogP contribution in [0.2, 0.25) is 0 Å². The maximum Gasteiger partial charge on any atom is 0.112 e. The molecule has 0 bridgehead atoms. The van der Waals surface area contributed by atoms with Crippen LogP contribution in [0.15, 0.2) is 0 Å². The van der Waals surface area contributed by atoms with Gasteiger partial charge in [-0.3, -0.25) is 0 Å². The van der Waals surface area contributed by atoms with Gasteiger partial charge in [-0.15, -0.1) is 0 Å². The van der Waals surface area contributed by atoms with Gasteiger partial charge in [0.05, 0.1) is 25.4 Å². The summed E-state index contributed by atoms with van der Waals surface area (Å²) in [7, 11) is 0. The second kappa shape index (κ2) is 4.40. The molecule has 88 valence electrons. The maximum atomic E-state index is 5.81. The standard InChI is InChI=1S/C12H22O3/c1-7(2)9-5-13-12-10(15-8(3)4)6-14-11(9)12/h7-12H,5-6H2,1-4H3/t9-,10+,11-,12-/m0/s1. The second-order valence-electron chi connectivity index (χ2n) is 5.23. The minimum absolute atomic E-state index is 0.138. The zero-order valence-electron chi connectivity index (χ0n) is 10.1. The Morgan fingerprint density at radius 2 is 1.67 bits per heavy atom. The summed E-state index contributed by atoms with van der Waals surface area (Å²) in [6.07, 6.45) is 0.811. The van der Waals surface area contributed by atoms with Gasteiger partial charge in [0.2, 0.25) is 0 Å². The number of ether oxygens (including phenoxy) is 3. The van der Waals surface area contributed by atoms with Crippen LogP contribution in [0.3, 0.4) is 0 Å². The van der Waals surface area contributed by atoms with Crippen molar-refractivity contribution in [1.82, 2.24) is 0 Å². The van der Waals surface area contributed by atoms with Crippen molar-refractivity contribution in [2.24, 2.45) is 11.8 Å². The first kappa shape index (κ1) is 11.4. The van der Waals surface area contributed by atoms with E-state index in [9.17, 15) is 0 Å². The van der Waals surface area contributed by atoms with Crippen molar-refractivity contribution in [2.75, 3.05) is 13.2 Å². The first-order chi connectivity index (χ1) is 7.09. The largest absolute Gasteiger partial charge is 0.372 e. The molecule has 0 aliphatic carbocycles. The molecule has 3 nitrogen and oxygen atoms in total. The highest BCUT2D eigenvalue weighted by atomic mass is 16.6. The van der Waals surface area contributed by atoms with Crippen molar-refractivity contribution in [3.8, 4) is 0 Å². The smallest absolute Gasteiger partial charge is 0.112 e. The highest BCUT2D eigenvalue weighted by Gasteiger charge is 2.49. The van der Waals surface area contributed by atoms with Gasteiger partial charge in [0.1, 0.15) is 12.2 Å². The fourth-order valence-electron chi connectivity index (χ4n) is 2.53. The Morgan fingerprint density at radius 1 is 1.00 bits per heavy atom. The summed E-state index contributed by atoms with van der Waals surface area (Å²) in [6.45, 7) is 10.1. The predicted octanol–water partition coefficient (Wildman–Crippen LogP) is 1.85. The summed E-state index contributed by atoms with van der Waals surface area (Å²) in [5.41, 5.74) is 0. The van der Waals surface area contributed by atoms with Gasteiger partial charge in [-0.2, -0.15) is 0 Å². The topological polar surface area (TPSA) is 27.7 Å². The Bertz CT molecular complexity index is 215. The fourth-order valence-corrected chi connectivity index (χ4v) is 2.53. The van der Waals surface area contributed by atoms with Gasteiger partial charge in [-0.1, -0.05) is 13.8 Å². The molecule has 0 aromatic rings. The van der Waals surface area contributed by atoms with E-state index in [2.05, 4.69) is 27.7 Å². The van der Waals surface area contributed by atoms with Crippen LogP contribution in [-0.4, -0.2) is 37.6 Å². The summed E-state index contributed by atoms with van der Waals surface area (Å²) in [5, 5.41) is 0. The van der Waals surface area contributed by atoms with Gasteiger partial charge in [-0.05, 0) is 19.8 Å². The minimum atomic E-state index is 0.138. The summed E-state index contributed by atoms with van der Waals surface area (Å²) < 4.78 is 17.4. The quantitative estimate of drug-likeness (QED) is 0.717. The van der Waals surface area contributed by atoms with E-state index in [0.29, 0.717) is 18.4 Å². The van der Waals surface area contributed by atoms with Crippen LogP contribution < -0.4 is 0 Å². The van der Waals surface area contributed by atoms with Crippen LogP contribution in [0.4, 0.5) is 0 Å². The Morgan fingerprint density at radius 3 is 2.27 bits per heavy atom. The third kappa shape index (κ3) is 2.19. The first-order valence-electron chi connectivity index (χ1n) is 5.98. The van der Waals surface area contributed by atoms with Crippen molar-refractivity contribution in [1.29, 1.82) is 0 Å². The third-order valence-corrected chi connectivity index (χ3v) is 3.35. The van der Waals surface area contributed by atoms with Gasteiger partial charge in [0.25, 0.3) is 0 Å². The van der Waals surface area contributed by atoms with E-state index in [4.69, 9.17) is 14.2 Å². The highest BCUT2D eigenvalue weighted by molar-refractivity contribution is 4.95. The van der Waals surface area contributed by atoms with Crippen LogP contribution in [-0.2, 0) is 14.2 Å². The Kier molecular flexibility index (Phi) is 3.33. The van der Waals surface area contributed by atoms with Crippen molar-refractivity contribution in [3.05, 3.63) is 0 Å². The van der Waals surface area contributed by atoms with Gasteiger partial charge < -0.3 is 14.2 Å². The third-order valence-electron chi connectivity index (χ3n) is 3.35. The van der Waals surface area contributed by atoms with Gasteiger partial charge in [0, 0.05) is 5.92 Å². The molecule has 2 rings (SSSR count). The van der Waals surface area contributed by atoms with E-state index in [1.807, 2.05) is 0 Å². The lowest BCUT2D eigenvalue weighted by Gasteiger charge is -2.20. The van der Waals surface area contributed by atoms with Gasteiger partial charge in [0.15, 0.2) is 0 Å². The molecule has 2 aliphatic rings. The Hall–Kier alpha value is -0.120. The lowest BCUT2D eigenvalue weighted by atomic mass is 9.90. The number of hydrogen-bond acceptors (Lipinski definition) is 3. The number of rotatable bonds is 3. The molecular formula is C12H22O3. The van der Waals surface area contributed by atoms with Gasteiger partial charge >= 0.3 is 0 Å². The summed E-state index contributed by atoms with van der Waals surface area (Å²) in [4.78, 5) is 0. The molecule has 0 radical (unpaired) electrons. The Balaban J connectivity index is 1.96. The van der Waals surface area contributed by atoms with E-state index in [0.717, 1.165) is 6.61 Å². The monoisotopic (exact) mass is 214 g/mol. The van der Waals surface area contributed by atoms with E-state index in [-0.39, 0.29) is 24.4 Å². The zero-order chi connectivity index (χ0) is 11.0. The molecular weight excluding hydrogens is 192 g/mol. The lowest BCUT2D eigenvalue weighted by Crippen LogP contribution is -2.33. The SMILES string of the molecule is CC(C)O[C@@H]1CO[C@@H]2[C@H]1OC[C@H]2C(C)C. The molecule has 3 heteroatoms. The Labute approximate surface area is 92.1 Å². The van der Waals surface area contributed by atoms with Crippen LogP contribution in [0.1, 0.15) is 27.7 Å². The lowest BCUT2D eigenvalue weighted by molar-refractivity contribution is -0.0587. The van der Waals surface area contributed by atoms with E-state index in [1.54, 1.807) is 0 Å². The van der Waals surface area contributed by atoms with Crippen LogP contribution >= 0.6 is 0 Å². The molecule has 2 aliphatic heterocycles. The second-order valence-corrected chi connectivity index (χ2v) is 5.23. The van der Waals surface area contributed by atoms with Crippen molar-refractivity contribution >= 4 is 0 Å². The molecule has 0 saturated carbocycles. The summed E-state index contributed by atoms with van der Waals surface area (Å²) in [6, 6.07) is 0. The molecule has 0 amide bonds. The van der Waals surface area contributed by atoms with Crippen LogP contribution in [0, 0.1) is 11.8 Å². The van der Waals surface area contributed by atoms with E-state index >= 15 is 0 Å². The molecule has 2 heterocycles. The molecule has 2 fully saturated rings. The molecule has 2 saturated heterocycles. The molecule has 0 aromatic carbocycles. The summed E-state index contributed by atoms with van der Waals surface area (Å²) in [5.74, 6) is 1.16. The molecule has 0 spiro atoms. The van der Waals surface area contributed by atoms with Gasteiger partial charge in [-0.25, -0.2) is 0 Å². The van der Waals surface area contributed by atoms with E-state index < -0.39 is 0 Å². The summed E-state index contributed by atoms with van der Waals surface area (Å²) >= 11 is 0. The van der Waals surface area contributed by atoms with Crippen LogP contribution in [0.25, 0.3) is 0 Å². The van der Waals surface area contributed by atoms with Crippen molar-refractivity contribution < 1.29 is 14.2 Å².